The van der Waals surface area contributed by atoms with Crippen molar-refractivity contribution in [3.63, 3.8) is 0 Å². The molecule has 0 atom stereocenters. The standard InChI is InChI=1S/C11H10N2O2S/c1-6-4-10(14)15-9-5-7(13-11(12)16)2-3-8(6)9/h2-5H,1H3,(H3,12,13,16). The normalized spacial score (nSPS) is 10.3. The van der Waals surface area contributed by atoms with E-state index in [1.807, 2.05) is 19.1 Å². The third-order valence-electron chi connectivity index (χ3n) is 2.22. The number of anilines is 1. The smallest absolute Gasteiger partial charge is 0.336 e. The summed E-state index contributed by atoms with van der Waals surface area (Å²) in [6.45, 7) is 1.86. The van der Waals surface area contributed by atoms with Crippen LogP contribution >= 0.6 is 12.2 Å². The van der Waals surface area contributed by atoms with Crippen LogP contribution in [-0.2, 0) is 0 Å². The van der Waals surface area contributed by atoms with Crippen LogP contribution in [0.5, 0.6) is 0 Å². The van der Waals surface area contributed by atoms with Crippen molar-refractivity contribution in [2.75, 3.05) is 5.32 Å². The van der Waals surface area contributed by atoms with Crippen molar-refractivity contribution in [2.45, 2.75) is 6.92 Å². The minimum Gasteiger partial charge on any atom is -0.423 e. The number of hydrogen-bond acceptors (Lipinski definition) is 3. The number of fused-ring (bicyclic) bond motifs is 1. The van der Waals surface area contributed by atoms with Crippen molar-refractivity contribution in [3.8, 4) is 0 Å². The molecule has 3 N–H and O–H groups in total. The Morgan fingerprint density at radius 3 is 2.88 bits per heavy atom. The first kappa shape index (κ1) is 10.6. The zero-order valence-corrected chi connectivity index (χ0v) is 9.43. The highest BCUT2D eigenvalue weighted by Gasteiger charge is 2.03. The second-order valence-electron chi connectivity index (χ2n) is 3.45. The van der Waals surface area contributed by atoms with Gasteiger partial charge in [-0.2, -0.15) is 0 Å². The maximum Gasteiger partial charge on any atom is 0.336 e. The Labute approximate surface area is 97.1 Å². The highest BCUT2D eigenvalue weighted by molar-refractivity contribution is 7.80. The quantitative estimate of drug-likeness (QED) is 0.581. The largest absolute Gasteiger partial charge is 0.423 e. The first-order valence-corrected chi connectivity index (χ1v) is 5.08. The fourth-order valence-electron chi connectivity index (χ4n) is 1.54. The lowest BCUT2D eigenvalue weighted by atomic mass is 10.1. The number of hydrogen-bond donors (Lipinski definition) is 2. The van der Waals surface area contributed by atoms with Gasteiger partial charge in [0.05, 0.1) is 0 Å². The molecule has 0 bridgehead atoms. The summed E-state index contributed by atoms with van der Waals surface area (Å²) in [6, 6.07) is 6.84. The molecular formula is C11H10N2O2S. The number of aryl methyl sites for hydroxylation is 1. The third kappa shape index (κ3) is 2.04. The van der Waals surface area contributed by atoms with Gasteiger partial charge in [-0.3, -0.25) is 0 Å². The van der Waals surface area contributed by atoms with Crippen LogP contribution in [0.25, 0.3) is 11.0 Å². The van der Waals surface area contributed by atoms with Crippen LogP contribution < -0.4 is 16.7 Å². The maximum atomic E-state index is 11.2. The zero-order chi connectivity index (χ0) is 11.7. The van der Waals surface area contributed by atoms with Crippen LogP contribution in [0.2, 0.25) is 0 Å². The highest BCUT2D eigenvalue weighted by Crippen LogP contribution is 2.20. The van der Waals surface area contributed by atoms with Crippen molar-refractivity contribution < 1.29 is 4.42 Å². The van der Waals surface area contributed by atoms with Gasteiger partial charge < -0.3 is 15.5 Å². The maximum absolute atomic E-state index is 11.2. The van der Waals surface area contributed by atoms with Crippen LogP contribution in [0.4, 0.5) is 5.69 Å². The molecule has 0 spiro atoms. The highest BCUT2D eigenvalue weighted by atomic mass is 32.1. The number of nitrogens with one attached hydrogen (secondary N) is 1. The van der Waals surface area contributed by atoms with Crippen molar-refractivity contribution in [2.24, 2.45) is 5.73 Å². The van der Waals surface area contributed by atoms with Gasteiger partial charge in [0.2, 0.25) is 0 Å². The molecule has 0 aliphatic carbocycles. The lowest BCUT2D eigenvalue weighted by Crippen LogP contribution is -2.18. The predicted molar refractivity (Wildman–Crippen MR) is 67.6 cm³/mol. The molecule has 0 saturated heterocycles. The van der Waals surface area contributed by atoms with E-state index in [0.717, 1.165) is 10.9 Å². The Balaban J connectivity index is 2.61. The second kappa shape index (κ2) is 3.94. The molecule has 16 heavy (non-hydrogen) atoms. The van der Waals surface area contributed by atoms with Gasteiger partial charge in [0, 0.05) is 23.2 Å². The average molecular weight is 234 g/mol. The number of thiocarbonyl (C=S) groups is 1. The summed E-state index contributed by atoms with van der Waals surface area (Å²) in [7, 11) is 0. The summed E-state index contributed by atoms with van der Waals surface area (Å²) in [5.41, 5.74) is 7.10. The Morgan fingerprint density at radius 1 is 1.44 bits per heavy atom. The molecule has 82 valence electrons. The summed E-state index contributed by atoms with van der Waals surface area (Å²) >= 11 is 4.73. The molecule has 0 aliphatic heterocycles. The molecule has 0 amide bonds. The van der Waals surface area contributed by atoms with E-state index in [-0.39, 0.29) is 10.7 Å². The molecule has 0 unspecified atom stereocenters. The van der Waals surface area contributed by atoms with E-state index in [0.29, 0.717) is 11.3 Å². The topological polar surface area (TPSA) is 68.3 Å². The van der Waals surface area contributed by atoms with E-state index < -0.39 is 0 Å². The van der Waals surface area contributed by atoms with Gasteiger partial charge in [-0.05, 0) is 36.8 Å². The van der Waals surface area contributed by atoms with Gasteiger partial charge in [0.15, 0.2) is 5.11 Å². The van der Waals surface area contributed by atoms with E-state index in [1.165, 1.54) is 6.07 Å². The Bertz CT molecular complexity index is 619. The van der Waals surface area contributed by atoms with Crippen molar-refractivity contribution in [3.05, 3.63) is 40.2 Å². The van der Waals surface area contributed by atoms with Crippen molar-refractivity contribution >= 4 is 34.0 Å². The molecule has 0 aliphatic rings. The zero-order valence-electron chi connectivity index (χ0n) is 8.61. The molecule has 1 aromatic heterocycles. The van der Waals surface area contributed by atoms with Gasteiger partial charge in [-0.25, -0.2) is 4.79 Å². The molecule has 2 aromatic rings. The molecule has 0 radical (unpaired) electrons. The first-order valence-electron chi connectivity index (χ1n) is 4.67. The molecular weight excluding hydrogens is 224 g/mol. The van der Waals surface area contributed by atoms with Gasteiger partial charge in [0.25, 0.3) is 0 Å². The summed E-state index contributed by atoms with van der Waals surface area (Å²) in [5.74, 6) is 0. The Kier molecular flexibility index (Phi) is 2.62. The van der Waals surface area contributed by atoms with Crippen molar-refractivity contribution in [1.82, 2.24) is 0 Å². The Hall–Kier alpha value is -1.88. The SMILES string of the molecule is Cc1cc(=O)oc2cc(NC(N)=S)ccc12. The molecule has 4 nitrogen and oxygen atoms in total. The second-order valence-corrected chi connectivity index (χ2v) is 3.89. The van der Waals surface area contributed by atoms with Crippen LogP contribution in [0.3, 0.4) is 0 Å². The van der Waals surface area contributed by atoms with Crippen molar-refractivity contribution in [1.29, 1.82) is 0 Å². The lowest BCUT2D eigenvalue weighted by molar-refractivity contribution is 0.560. The third-order valence-corrected chi connectivity index (χ3v) is 2.32. The first-order chi connectivity index (χ1) is 7.56. The van der Waals surface area contributed by atoms with E-state index in [1.54, 1.807) is 6.07 Å². The summed E-state index contributed by atoms with van der Waals surface area (Å²) in [5, 5.41) is 3.85. The number of rotatable bonds is 1. The van der Waals surface area contributed by atoms with Crippen LogP contribution in [0.15, 0.2) is 33.5 Å². The van der Waals surface area contributed by atoms with Gasteiger partial charge in [-0.1, -0.05) is 0 Å². The van der Waals surface area contributed by atoms with Gasteiger partial charge in [-0.15, -0.1) is 0 Å². The minimum absolute atomic E-state index is 0.175. The van der Waals surface area contributed by atoms with E-state index in [4.69, 9.17) is 22.4 Å². The molecule has 1 heterocycles. The minimum atomic E-state index is -0.363. The summed E-state index contributed by atoms with van der Waals surface area (Å²) in [6.07, 6.45) is 0. The molecule has 1 aromatic carbocycles. The molecule has 2 rings (SSSR count). The van der Waals surface area contributed by atoms with E-state index >= 15 is 0 Å². The van der Waals surface area contributed by atoms with Crippen LogP contribution in [0, 0.1) is 6.92 Å². The van der Waals surface area contributed by atoms with E-state index in [9.17, 15) is 4.79 Å². The summed E-state index contributed by atoms with van der Waals surface area (Å²) < 4.78 is 5.09. The lowest BCUT2D eigenvalue weighted by Gasteiger charge is -2.05. The van der Waals surface area contributed by atoms with Crippen LogP contribution in [-0.4, -0.2) is 5.11 Å². The summed E-state index contributed by atoms with van der Waals surface area (Å²) in [4.78, 5) is 11.2. The fraction of sp³-hybridized carbons (Fsp3) is 0.0909. The predicted octanol–water partition coefficient (Wildman–Crippen LogP) is 1.76. The molecule has 0 saturated carbocycles. The van der Waals surface area contributed by atoms with E-state index in [2.05, 4.69) is 5.32 Å². The van der Waals surface area contributed by atoms with Gasteiger partial charge in [0.1, 0.15) is 5.58 Å². The van der Waals surface area contributed by atoms with Crippen LogP contribution in [0.1, 0.15) is 5.56 Å². The Morgan fingerprint density at radius 2 is 2.19 bits per heavy atom. The molecule has 5 heteroatoms. The monoisotopic (exact) mass is 234 g/mol. The average Bonchev–Trinajstić information content (AvgIpc) is 2.15. The molecule has 0 fully saturated rings. The van der Waals surface area contributed by atoms with Gasteiger partial charge >= 0.3 is 5.63 Å². The number of benzene rings is 1. The fourth-order valence-corrected chi connectivity index (χ4v) is 1.66. The number of nitrogens with two attached hydrogens (primary N) is 1.